The fourth-order valence-corrected chi connectivity index (χ4v) is 2.75. The minimum absolute atomic E-state index is 0.0715. The number of carbonyl (C=O) groups excluding carboxylic acids is 2. The Bertz CT molecular complexity index is 517. The third-order valence-electron chi connectivity index (χ3n) is 4.25. The first-order chi connectivity index (χ1) is 9.74. The van der Waals surface area contributed by atoms with Gasteiger partial charge < -0.3 is 10.2 Å². The molecular weight excluding hydrogens is 252 g/mol. The molecule has 1 N–H and O–H groups in total. The highest BCUT2D eigenvalue weighted by Gasteiger charge is 2.25. The van der Waals surface area contributed by atoms with Gasteiger partial charge in [0.25, 0.3) is 5.91 Å². The summed E-state index contributed by atoms with van der Waals surface area (Å²) in [4.78, 5) is 26.1. The van der Waals surface area contributed by atoms with E-state index in [1.165, 1.54) is 0 Å². The number of rotatable bonds is 3. The van der Waals surface area contributed by atoms with E-state index in [2.05, 4.69) is 5.32 Å². The van der Waals surface area contributed by atoms with Gasteiger partial charge in [-0.25, -0.2) is 0 Å². The molecule has 0 atom stereocenters. The van der Waals surface area contributed by atoms with E-state index < -0.39 is 0 Å². The first-order valence-corrected chi connectivity index (χ1v) is 7.44. The number of hydrogen-bond acceptors (Lipinski definition) is 2. The van der Waals surface area contributed by atoms with Gasteiger partial charge in [-0.2, -0.15) is 0 Å². The molecule has 20 heavy (non-hydrogen) atoms. The summed E-state index contributed by atoms with van der Waals surface area (Å²) in [6.07, 6.45) is 5.29. The number of nitrogens with zero attached hydrogens (tertiary/aromatic N) is 1. The lowest BCUT2D eigenvalue weighted by atomic mass is 9.85. The number of benzene rings is 1. The Morgan fingerprint density at radius 1 is 1.10 bits per heavy atom. The standard InChI is InChI=1S/C16H20N2O2/c19-15(12-5-3-6-12)17-14-8-4-7-13(11-14)16(20)18-9-1-2-10-18/h4,7-8,11-12H,1-3,5-6,9-10H2,(H,17,19). The predicted molar refractivity (Wildman–Crippen MR) is 77.6 cm³/mol. The van der Waals surface area contributed by atoms with Crippen LogP contribution in [0.2, 0.25) is 0 Å². The van der Waals surface area contributed by atoms with Crippen LogP contribution in [0.4, 0.5) is 5.69 Å². The van der Waals surface area contributed by atoms with Crippen LogP contribution in [-0.2, 0) is 4.79 Å². The van der Waals surface area contributed by atoms with E-state index in [4.69, 9.17) is 0 Å². The Balaban J connectivity index is 1.68. The smallest absolute Gasteiger partial charge is 0.253 e. The molecule has 4 nitrogen and oxygen atoms in total. The molecule has 2 amide bonds. The van der Waals surface area contributed by atoms with Crippen LogP contribution in [0.15, 0.2) is 24.3 Å². The zero-order valence-electron chi connectivity index (χ0n) is 11.6. The molecular formula is C16H20N2O2. The maximum Gasteiger partial charge on any atom is 0.253 e. The van der Waals surface area contributed by atoms with Gasteiger partial charge in [0.15, 0.2) is 0 Å². The molecule has 2 aliphatic rings. The predicted octanol–water partition coefficient (Wildman–Crippen LogP) is 2.66. The van der Waals surface area contributed by atoms with Gasteiger partial charge in [0.05, 0.1) is 0 Å². The Hall–Kier alpha value is -1.84. The van der Waals surface area contributed by atoms with E-state index in [0.717, 1.165) is 50.9 Å². The highest BCUT2D eigenvalue weighted by Crippen LogP contribution is 2.27. The minimum Gasteiger partial charge on any atom is -0.339 e. The van der Waals surface area contributed by atoms with Gasteiger partial charge >= 0.3 is 0 Å². The SMILES string of the molecule is O=C(Nc1cccc(C(=O)N2CCCC2)c1)C1CCC1. The Morgan fingerprint density at radius 2 is 1.85 bits per heavy atom. The summed E-state index contributed by atoms with van der Waals surface area (Å²) >= 11 is 0. The molecule has 3 rings (SSSR count). The monoisotopic (exact) mass is 272 g/mol. The molecule has 0 radical (unpaired) electrons. The van der Waals surface area contributed by atoms with Gasteiger partial charge in [0.1, 0.15) is 0 Å². The van der Waals surface area contributed by atoms with Gasteiger partial charge in [-0.3, -0.25) is 9.59 Å². The molecule has 1 saturated heterocycles. The van der Waals surface area contributed by atoms with Crippen molar-refractivity contribution < 1.29 is 9.59 Å². The van der Waals surface area contributed by atoms with E-state index in [1.54, 1.807) is 6.07 Å². The summed E-state index contributed by atoms with van der Waals surface area (Å²) in [5, 5.41) is 2.92. The molecule has 2 fully saturated rings. The van der Waals surface area contributed by atoms with E-state index in [0.29, 0.717) is 5.56 Å². The number of nitrogens with one attached hydrogen (secondary N) is 1. The molecule has 1 aromatic carbocycles. The van der Waals surface area contributed by atoms with Crippen LogP contribution in [-0.4, -0.2) is 29.8 Å². The second kappa shape index (κ2) is 5.65. The molecule has 1 heterocycles. The van der Waals surface area contributed by atoms with Crippen LogP contribution in [0.25, 0.3) is 0 Å². The van der Waals surface area contributed by atoms with E-state index >= 15 is 0 Å². The lowest BCUT2D eigenvalue weighted by molar-refractivity contribution is -0.122. The molecule has 1 saturated carbocycles. The highest BCUT2D eigenvalue weighted by molar-refractivity contribution is 5.97. The van der Waals surface area contributed by atoms with Gasteiger partial charge in [-0.05, 0) is 43.9 Å². The molecule has 0 aromatic heterocycles. The summed E-state index contributed by atoms with van der Waals surface area (Å²) in [6, 6.07) is 7.29. The van der Waals surface area contributed by atoms with Crippen LogP contribution in [0, 0.1) is 5.92 Å². The molecule has 106 valence electrons. The average Bonchev–Trinajstić information content (AvgIpc) is 2.89. The van der Waals surface area contributed by atoms with E-state index in [1.807, 2.05) is 23.1 Å². The highest BCUT2D eigenvalue weighted by atomic mass is 16.2. The topological polar surface area (TPSA) is 49.4 Å². The van der Waals surface area contributed by atoms with Gasteiger partial charge in [-0.1, -0.05) is 12.5 Å². The van der Waals surface area contributed by atoms with Gasteiger partial charge in [0.2, 0.25) is 5.91 Å². The van der Waals surface area contributed by atoms with Crippen LogP contribution < -0.4 is 5.32 Å². The van der Waals surface area contributed by atoms with Crippen molar-refractivity contribution in [3.63, 3.8) is 0 Å². The summed E-state index contributed by atoms with van der Waals surface area (Å²) in [7, 11) is 0. The molecule has 1 aliphatic heterocycles. The Morgan fingerprint density at radius 3 is 2.50 bits per heavy atom. The first-order valence-electron chi connectivity index (χ1n) is 7.44. The molecule has 4 heteroatoms. The molecule has 0 bridgehead atoms. The van der Waals surface area contributed by atoms with Crippen LogP contribution >= 0.6 is 0 Å². The van der Waals surface area contributed by atoms with Crippen molar-refractivity contribution in [2.45, 2.75) is 32.1 Å². The second-order valence-corrected chi connectivity index (χ2v) is 5.70. The van der Waals surface area contributed by atoms with Crippen LogP contribution in [0.5, 0.6) is 0 Å². The van der Waals surface area contributed by atoms with Crippen LogP contribution in [0.3, 0.4) is 0 Å². The van der Waals surface area contributed by atoms with Crippen molar-refractivity contribution in [1.82, 2.24) is 4.90 Å². The average molecular weight is 272 g/mol. The largest absolute Gasteiger partial charge is 0.339 e. The first kappa shape index (κ1) is 13.2. The number of amides is 2. The maximum absolute atomic E-state index is 12.3. The summed E-state index contributed by atoms with van der Waals surface area (Å²) < 4.78 is 0. The molecule has 1 aromatic rings. The summed E-state index contributed by atoms with van der Waals surface area (Å²) in [6.45, 7) is 1.69. The molecule has 0 unspecified atom stereocenters. The summed E-state index contributed by atoms with van der Waals surface area (Å²) in [5.41, 5.74) is 1.39. The zero-order chi connectivity index (χ0) is 13.9. The van der Waals surface area contributed by atoms with Gasteiger partial charge in [0, 0.05) is 30.3 Å². The quantitative estimate of drug-likeness (QED) is 0.919. The van der Waals surface area contributed by atoms with Crippen LogP contribution in [0.1, 0.15) is 42.5 Å². The maximum atomic E-state index is 12.3. The lowest BCUT2D eigenvalue weighted by Crippen LogP contribution is -2.29. The molecule has 0 spiro atoms. The van der Waals surface area contributed by atoms with Crippen molar-refractivity contribution in [3.8, 4) is 0 Å². The number of carbonyl (C=O) groups is 2. The fraction of sp³-hybridized carbons (Fsp3) is 0.500. The van der Waals surface area contributed by atoms with Crippen molar-refractivity contribution in [3.05, 3.63) is 29.8 Å². The lowest BCUT2D eigenvalue weighted by Gasteiger charge is -2.24. The van der Waals surface area contributed by atoms with E-state index in [-0.39, 0.29) is 17.7 Å². The van der Waals surface area contributed by atoms with Crippen molar-refractivity contribution >= 4 is 17.5 Å². The normalized spacial score (nSPS) is 18.7. The van der Waals surface area contributed by atoms with Gasteiger partial charge in [-0.15, -0.1) is 0 Å². The zero-order valence-corrected chi connectivity index (χ0v) is 11.6. The number of likely N-dealkylation sites (tertiary alicyclic amines) is 1. The van der Waals surface area contributed by atoms with Crippen molar-refractivity contribution in [1.29, 1.82) is 0 Å². The summed E-state index contributed by atoms with van der Waals surface area (Å²) in [5.74, 6) is 0.317. The number of hydrogen-bond donors (Lipinski definition) is 1. The third kappa shape index (κ3) is 2.69. The molecule has 1 aliphatic carbocycles. The third-order valence-corrected chi connectivity index (χ3v) is 4.25. The van der Waals surface area contributed by atoms with E-state index in [9.17, 15) is 9.59 Å². The fourth-order valence-electron chi connectivity index (χ4n) is 2.75. The Labute approximate surface area is 119 Å². The number of anilines is 1. The van der Waals surface area contributed by atoms with Crippen molar-refractivity contribution in [2.75, 3.05) is 18.4 Å². The second-order valence-electron chi connectivity index (χ2n) is 5.70. The minimum atomic E-state index is 0.0715. The Kier molecular flexibility index (Phi) is 3.72. The van der Waals surface area contributed by atoms with Crippen molar-refractivity contribution in [2.24, 2.45) is 5.92 Å².